The second-order valence-electron chi connectivity index (χ2n) is 20.9. The molecule has 0 aromatic heterocycles. The molecule has 4 aromatic carbocycles. The molecule has 0 radical (unpaired) electrons. The highest BCUT2D eigenvalue weighted by Crippen LogP contribution is 2.47. The average molecular weight is 1130 g/mol. The number of thioether (sulfide) groups is 5. The lowest BCUT2D eigenvalue weighted by Gasteiger charge is -2.24. The molecule has 74 heavy (non-hydrogen) atoms. The lowest BCUT2D eigenvalue weighted by Crippen LogP contribution is -2.42. The highest BCUT2D eigenvalue weighted by Gasteiger charge is 2.36. The number of rotatable bonds is 48. The number of ether oxygens (including phenoxy) is 1. The number of hydrogen-bond donors (Lipinski definition) is 0. The molecule has 0 unspecified atom stereocenters. The van der Waals surface area contributed by atoms with E-state index in [9.17, 15) is 0 Å². The third kappa shape index (κ3) is 24.0. The maximum Gasteiger partial charge on any atom is 0.500 e. The highest BCUT2D eigenvalue weighted by molar-refractivity contribution is 8.02. The van der Waals surface area contributed by atoms with Gasteiger partial charge >= 0.3 is 8.80 Å². The second-order valence-corrected chi connectivity index (χ2v) is 29.6. The molecule has 0 aliphatic heterocycles. The molecule has 0 aliphatic rings. The molecule has 0 saturated carbocycles. The molecule has 4 rings (SSSR count). The standard InChI is InChI=1S/C64H106O4S5Si/c1-9-14-34-41-69-60-48-54-53(47-59(60)68-40-33-31-29-27-25-23-21-19-20-22-24-26-28-30-32-39-46-74(65-6,66-7)67-8)55-49-61(70-42-35-15-10-2)63(72-44-37-17-12-4)51-57(55)58-52-64(73-45-38-18-13-5)62(50-56(54)58)71-43-36-16-11-3/h47-52H,9-46H2,1-8H3. The first-order valence-electron chi connectivity index (χ1n) is 30.4. The van der Waals surface area contributed by atoms with E-state index in [2.05, 4.69) is 118 Å². The van der Waals surface area contributed by atoms with Crippen LogP contribution in [-0.4, -0.2) is 65.5 Å². The Morgan fingerprint density at radius 1 is 0.297 bits per heavy atom. The fraction of sp³-hybridized carbons (Fsp3) is 0.719. The van der Waals surface area contributed by atoms with Crippen LogP contribution in [0.15, 0.2) is 60.9 Å². The monoisotopic (exact) mass is 1130 g/mol. The van der Waals surface area contributed by atoms with E-state index in [0.717, 1.165) is 37.0 Å². The minimum Gasteiger partial charge on any atom is -0.492 e. The summed E-state index contributed by atoms with van der Waals surface area (Å²) < 4.78 is 23.7. The van der Waals surface area contributed by atoms with Crippen molar-refractivity contribution in [1.29, 1.82) is 0 Å². The van der Waals surface area contributed by atoms with Gasteiger partial charge in [0.2, 0.25) is 0 Å². The van der Waals surface area contributed by atoms with E-state index >= 15 is 0 Å². The summed E-state index contributed by atoms with van der Waals surface area (Å²) in [5.74, 6) is 6.99. The van der Waals surface area contributed by atoms with Crippen LogP contribution in [0.25, 0.3) is 32.3 Å². The largest absolute Gasteiger partial charge is 0.500 e. The fourth-order valence-electron chi connectivity index (χ4n) is 10.0. The Kier molecular flexibility index (Phi) is 36.8. The summed E-state index contributed by atoms with van der Waals surface area (Å²) >= 11 is 10.5. The molecule has 0 bridgehead atoms. The molecule has 0 atom stereocenters. The van der Waals surface area contributed by atoms with Crippen LogP contribution in [0.2, 0.25) is 6.04 Å². The van der Waals surface area contributed by atoms with Crippen LogP contribution in [-0.2, 0) is 13.3 Å². The van der Waals surface area contributed by atoms with Gasteiger partial charge in [-0.2, -0.15) is 0 Å². The van der Waals surface area contributed by atoms with Gasteiger partial charge in [-0.05, 0) is 142 Å². The zero-order valence-corrected chi connectivity index (χ0v) is 53.6. The quantitative estimate of drug-likeness (QED) is 0.0186. The number of unbranched alkanes of at least 4 members (excludes halogenated alkanes) is 25. The van der Waals surface area contributed by atoms with Crippen molar-refractivity contribution in [3.05, 3.63) is 36.4 Å². The van der Waals surface area contributed by atoms with Gasteiger partial charge in [0.1, 0.15) is 5.75 Å². The maximum absolute atomic E-state index is 6.97. The van der Waals surface area contributed by atoms with Gasteiger partial charge in [0, 0.05) is 47.0 Å². The van der Waals surface area contributed by atoms with Crippen LogP contribution in [0, 0.1) is 0 Å². The molecule has 0 N–H and O–H groups in total. The Morgan fingerprint density at radius 3 is 0.851 bits per heavy atom. The average Bonchev–Trinajstić information content (AvgIpc) is 3.42. The summed E-state index contributed by atoms with van der Waals surface area (Å²) in [6.07, 6.45) is 40.4. The van der Waals surface area contributed by atoms with Crippen LogP contribution < -0.4 is 4.74 Å². The summed E-state index contributed by atoms with van der Waals surface area (Å²) in [5, 5.41) is 8.48. The van der Waals surface area contributed by atoms with E-state index in [1.807, 2.05) is 11.8 Å². The molecular weight excluding hydrogens is 1020 g/mol. The van der Waals surface area contributed by atoms with Gasteiger partial charge in [-0.15, -0.1) is 58.8 Å². The highest BCUT2D eigenvalue weighted by atomic mass is 32.2. The van der Waals surface area contributed by atoms with Crippen molar-refractivity contribution in [1.82, 2.24) is 0 Å². The lowest BCUT2D eigenvalue weighted by atomic mass is 9.94. The number of hydrogen-bond acceptors (Lipinski definition) is 9. The predicted molar refractivity (Wildman–Crippen MR) is 341 cm³/mol. The van der Waals surface area contributed by atoms with Crippen LogP contribution in [0.4, 0.5) is 0 Å². The molecular formula is C64H106O4S5Si. The van der Waals surface area contributed by atoms with Crippen molar-refractivity contribution in [3.63, 3.8) is 0 Å². The van der Waals surface area contributed by atoms with Gasteiger partial charge in [0.05, 0.1) is 11.5 Å². The first-order valence-corrected chi connectivity index (χ1v) is 37.3. The summed E-state index contributed by atoms with van der Waals surface area (Å²) in [6, 6.07) is 16.5. The third-order valence-electron chi connectivity index (χ3n) is 14.7. The van der Waals surface area contributed by atoms with E-state index in [-0.39, 0.29) is 0 Å². The molecule has 420 valence electrons. The van der Waals surface area contributed by atoms with Gasteiger partial charge in [-0.1, -0.05) is 189 Å². The van der Waals surface area contributed by atoms with E-state index in [1.165, 1.54) is 266 Å². The van der Waals surface area contributed by atoms with E-state index < -0.39 is 8.80 Å². The molecule has 10 heteroatoms. The molecule has 4 nitrogen and oxygen atoms in total. The van der Waals surface area contributed by atoms with Crippen molar-refractivity contribution in [3.8, 4) is 5.75 Å². The summed E-state index contributed by atoms with van der Waals surface area (Å²) in [5.41, 5.74) is 0. The molecule has 4 aromatic rings. The van der Waals surface area contributed by atoms with E-state index in [4.69, 9.17) is 18.0 Å². The topological polar surface area (TPSA) is 36.9 Å². The summed E-state index contributed by atoms with van der Waals surface area (Å²) in [4.78, 5) is 7.26. The Labute approximate surface area is 477 Å². The minimum atomic E-state index is -2.40. The zero-order valence-electron chi connectivity index (χ0n) is 48.5. The molecule has 0 saturated heterocycles. The minimum absolute atomic E-state index is 0.797. The van der Waals surface area contributed by atoms with Crippen molar-refractivity contribution in [2.75, 3.05) is 56.7 Å². The van der Waals surface area contributed by atoms with Crippen molar-refractivity contribution >= 4 is 99.9 Å². The summed E-state index contributed by atoms with van der Waals surface area (Å²) in [7, 11) is 2.75. The maximum atomic E-state index is 6.97. The normalized spacial score (nSPS) is 12.1. The molecule has 0 fully saturated rings. The van der Waals surface area contributed by atoms with Crippen molar-refractivity contribution in [2.24, 2.45) is 0 Å². The van der Waals surface area contributed by atoms with Crippen molar-refractivity contribution < 1.29 is 18.0 Å². The van der Waals surface area contributed by atoms with Crippen LogP contribution in [0.3, 0.4) is 0 Å². The first-order chi connectivity index (χ1) is 36.4. The van der Waals surface area contributed by atoms with E-state index in [0.29, 0.717) is 0 Å². The van der Waals surface area contributed by atoms with Gasteiger partial charge in [0.25, 0.3) is 0 Å². The number of fused-ring (bicyclic) bond motifs is 6. The Hall–Kier alpha value is -0.693. The molecule has 0 amide bonds. The van der Waals surface area contributed by atoms with Crippen LogP contribution in [0.5, 0.6) is 5.75 Å². The van der Waals surface area contributed by atoms with Gasteiger partial charge < -0.3 is 18.0 Å². The second kappa shape index (κ2) is 41.3. The Morgan fingerprint density at radius 2 is 0.554 bits per heavy atom. The number of benzene rings is 4. The first kappa shape index (κ1) is 65.8. The fourth-order valence-corrected chi connectivity index (χ4v) is 17.4. The predicted octanol–water partition coefficient (Wildman–Crippen LogP) is 23.1. The van der Waals surface area contributed by atoms with Crippen LogP contribution in [0.1, 0.15) is 234 Å². The smallest absolute Gasteiger partial charge is 0.492 e. The van der Waals surface area contributed by atoms with Gasteiger partial charge in [-0.25, -0.2) is 0 Å². The van der Waals surface area contributed by atoms with E-state index in [1.54, 1.807) is 21.3 Å². The lowest BCUT2D eigenvalue weighted by molar-refractivity contribution is 0.122. The third-order valence-corrected chi connectivity index (χ3v) is 23.5. The molecule has 0 aliphatic carbocycles. The Balaban J connectivity index is 1.49. The zero-order chi connectivity index (χ0) is 52.9. The summed E-state index contributed by atoms with van der Waals surface area (Å²) in [6.45, 7) is 12.4. The van der Waals surface area contributed by atoms with Gasteiger partial charge in [0.15, 0.2) is 0 Å². The Bertz CT molecular complexity index is 2020. The van der Waals surface area contributed by atoms with Gasteiger partial charge in [-0.3, -0.25) is 0 Å². The SMILES string of the molecule is CCCCCSc1cc2c(cc1OCCCCCCCCCCCCCCCCCC[Si](OC)(OC)OC)c1cc(SCCCCC)c(SCCCCC)cc1c1cc(SCCCCC)c(SCCCCC)cc21. The molecule has 0 spiro atoms. The van der Waals surface area contributed by atoms with Crippen molar-refractivity contribution in [2.45, 2.75) is 264 Å². The van der Waals surface area contributed by atoms with Crippen LogP contribution >= 0.6 is 58.8 Å². The molecule has 0 heterocycles.